The van der Waals surface area contributed by atoms with Crippen LogP contribution in [-0.2, 0) is 11.3 Å². The van der Waals surface area contributed by atoms with Crippen molar-refractivity contribution in [3.63, 3.8) is 0 Å². The van der Waals surface area contributed by atoms with Gasteiger partial charge < -0.3 is 14.6 Å². The van der Waals surface area contributed by atoms with Gasteiger partial charge in [0.25, 0.3) is 5.56 Å². The van der Waals surface area contributed by atoms with Crippen LogP contribution in [0.5, 0.6) is 5.75 Å². The van der Waals surface area contributed by atoms with E-state index >= 15 is 0 Å². The molecule has 0 aliphatic heterocycles. The lowest BCUT2D eigenvalue weighted by atomic mass is 10.3. The second kappa shape index (κ2) is 6.06. The molecule has 0 saturated heterocycles. The first-order chi connectivity index (χ1) is 9.60. The molecule has 0 radical (unpaired) electrons. The molecule has 1 heterocycles. The molecule has 0 aliphatic carbocycles. The van der Waals surface area contributed by atoms with Crippen molar-refractivity contribution in [3.05, 3.63) is 58.5 Å². The summed E-state index contributed by atoms with van der Waals surface area (Å²) in [6.07, 6.45) is 1.66. The van der Waals surface area contributed by atoms with E-state index in [9.17, 15) is 9.59 Å². The van der Waals surface area contributed by atoms with Crippen LogP contribution >= 0.6 is 0 Å². The van der Waals surface area contributed by atoms with Crippen LogP contribution in [0, 0.1) is 6.92 Å². The van der Waals surface area contributed by atoms with Gasteiger partial charge in [-0.05, 0) is 24.6 Å². The monoisotopic (exact) mass is 272 g/mol. The number of benzene rings is 1. The van der Waals surface area contributed by atoms with Gasteiger partial charge in [0.2, 0.25) is 5.91 Å². The Hall–Kier alpha value is -2.56. The molecule has 20 heavy (non-hydrogen) atoms. The number of ether oxygens (including phenoxy) is 1. The molecule has 0 aliphatic rings. The molecule has 0 bridgehead atoms. The van der Waals surface area contributed by atoms with E-state index in [0.29, 0.717) is 11.4 Å². The number of carbonyl (C=O) groups excluding carboxylic acids is 1. The number of hydrogen-bond acceptors (Lipinski definition) is 3. The van der Waals surface area contributed by atoms with Crippen LogP contribution in [-0.4, -0.2) is 17.6 Å². The van der Waals surface area contributed by atoms with Gasteiger partial charge in [0.15, 0.2) is 0 Å². The minimum absolute atomic E-state index is 0.0292. The number of hydrogen-bond donors (Lipinski definition) is 1. The summed E-state index contributed by atoms with van der Waals surface area (Å²) in [6, 6.07) is 10.3. The lowest BCUT2D eigenvalue weighted by molar-refractivity contribution is -0.116. The predicted molar refractivity (Wildman–Crippen MR) is 77.1 cm³/mol. The molecule has 0 saturated carbocycles. The zero-order chi connectivity index (χ0) is 14.5. The highest BCUT2D eigenvalue weighted by Crippen LogP contribution is 2.22. The largest absolute Gasteiger partial charge is 0.495 e. The zero-order valence-corrected chi connectivity index (χ0v) is 11.4. The summed E-state index contributed by atoms with van der Waals surface area (Å²) in [5, 5.41) is 2.73. The second-order valence-corrected chi connectivity index (χ2v) is 4.42. The van der Waals surface area contributed by atoms with Crippen molar-refractivity contribution in [2.24, 2.45) is 0 Å². The number of methoxy groups -OCH3 is 1. The van der Waals surface area contributed by atoms with E-state index < -0.39 is 0 Å². The number of nitrogens with one attached hydrogen (secondary N) is 1. The average Bonchev–Trinajstić information content (AvgIpc) is 2.43. The maximum Gasteiger partial charge on any atom is 0.251 e. The highest BCUT2D eigenvalue weighted by atomic mass is 16.5. The standard InChI is InChI=1S/C15H16N2O3/c1-11-7-8-15(19)17(9-11)10-14(18)16-12-5-3-4-6-13(12)20-2/h3-9H,10H2,1-2H3,(H,16,18). The highest BCUT2D eigenvalue weighted by molar-refractivity contribution is 5.92. The van der Waals surface area contributed by atoms with Gasteiger partial charge >= 0.3 is 0 Å². The quantitative estimate of drug-likeness (QED) is 0.923. The molecule has 0 fully saturated rings. The van der Waals surface area contributed by atoms with Crippen molar-refractivity contribution < 1.29 is 9.53 Å². The van der Waals surface area contributed by atoms with Gasteiger partial charge in [-0.1, -0.05) is 18.2 Å². The topological polar surface area (TPSA) is 60.3 Å². The van der Waals surface area contributed by atoms with Gasteiger partial charge in [-0.15, -0.1) is 0 Å². The lowest BCUT2D eigenvalue weighted by Gasteiger charge is -2.11. The van der Waals surface area contributed by atoms with Gasteiger partial charge in [0, 0.05) is 12.3 Å². The third kappa shape index (κ3) is 3.26. The van der Waals surface area contributed by atoms with Gasteiger partial charge in [0.05, 0.1) is 12.8 Å². The second-order valence-electron chi connectivity index (χ2n) is 4.42. The molecule has 2 aromatic rings. The minimum Gasteiger partial charge on any atom is -0.495 e. The number of rotatable bonds is 4. The lowest BCUT2D eigenvalue weighted by Crippen LogP contribution is -2.27. The Morgan fingerprint density at radius 2 is 2.00 bits per heavy atom. The zero-order valence-electron chi connectivity index (χ0n) is 11.4. The number of aryl methyl sites for hydroxylation is 1. The van der Waals surface area contributed by atoms with E-state index in [2.05, 4.69) is 5.32 Å². The van der Waals surface area contributed by atoms with Crippen molar-refractivity contribution in [1.29, 1.82) is 0 Å². The third-order valence-electron chi connectivity index (χ3n) is 2.83. The molecule has 5 heteroatoms. The summed E-state index contributed by atoms with van der Waals surface area (Å²) >= 11 is 0. The Kier molecular flexibility index (Phi) is 4.20. The number of nitrogens with zero attached hydrogens (tertiary/aromatic N) is 1. The van der Waals surface area contributed by atoms with Crippen molar-refractivity contribution in [1.82, 2.24) is 4.57 Å². The summed E-state index contributed by atoms with van der Waals surface area (Å²) in [5.41, 5.74) is 1.31. The summed E-state index contributed by atoms with van der Waals surface area (Å²) < 4.78 is 6.53. The molecular weight excluding hydrogens is 256 g/mol. The number of para-hydroxylation sites is 2. The van der Waals surface area contributed by atoms with Crippen molar-refractivity contribution in [2.45, 2.75) is 13.5 Å². The first kappa shape index (κ1) is 13.9. The number of carbonyl (C=O) groups is 1. The fourth-order valence-electron chi connectivity index (χ4n) is 1.87. The molecular formula is C15H16N2O3. The van der Waals surface area contributed by atoms with Crippen LogP contribution in [0.3, 0.4) is 0 Å². The van der Waals surface area contributed by atoms with E-state index in [1.165, 1.54) is 17.7 Å². The third-order valence-corrected chi connectivity index (χ3v) is 2.83. The average molecular weight is 272 g/mol. The Morgan fingerprint density at radius 1 is 1.25 bits per heavy atom. The first-order valence-corrected chi connectivity index (χ1v) is 6.20. The van der Waals surface area contributed by atoms with Crippen molar-refractivity contribution in [2.75, 3.05) is 12.4 Å². The Morgan fingerprint density at radius 3 is 2.75 bits per heavy atom. The number of anilines is 1. The van der Waals surface area contributed by atoms with Crippen LogP contribution in [0.1, 0.15) is 5.56 Å². The Balaban J connectivity index is 2.13. The summed E-state index contributed by atoms with van der Waals surface area (Å²) in [4.78, 5) is 23.6. The molecule has 1 N–H and O–H groups in total. The maximum absolute atomic E-state index is 12.0. The van der Waals surface area contributed by atoms with E-state index in [-0.39, 0.29) is 18.0 Å². The highest BCUT2D eigenvalue weighted by Gasteiger charge is 2.08. The summed E-state index contributed by atoms with van der Waals surface area (Å²) in [5.74, 6) is 0.305. The van der Waals surface area contributed by atoms with Crippen molar-refractivity contribution in [3.8, 4) is 5.75 Å². The first-order valence-electron chi connectivity index (χ1n) is 6.20. The molecule has 1 aromatic heterocycles. The summed E-state index contributed by atoms with van der Waals surface area (Å²) in [6.45, 7) is 1.84. The van der Waals surface area contributed by atoms with Crippen LogP contribution < -0.4 is 15.6 Å². The van der Waals surface area contributed by atoms with Gasteiger partial charge in [-0.2, -0.15) is 0 Å². The molecule has 1 amide bonds. The molecule has 0 spiro atoms. The van der Waals surface area contributed by atoms with Gasteiger partial charge in [-0.3, -0.25) is 9.59 Å². The predicted octanol–water partition coefficient (Wildman–Crippen LogP) is 1.80. The number of amides is 1. The van der Waals surface area contributed by atoms with E-state index in [1.807, 2.05) is 13.0 Å². The molecule has 5 nitrogen and oxygen atoms in total. The van der Waals surface area contributed by atoms with Gasteiger partial charge in [-0.25, -0.2) is 0 Å². The molecule has 104 valence electrons. The normalized spacial score (nSPS) is 10.1. The fraction of sp³-hybridized carbons (Fsp3) is 0.200. The fourth-order valence-corrected chi connectivity index (χ4v) is 1.87. The van der Waals surface area contributed by atoms with Crippen LogP contribution in [0.15, 0.2) is 47.4 Å². The number of pyridine rings is 1. The van der Waals surface area contributed by atoms with Gasteiger partial charge in [0.1, 0.15) is 12.3 Å². The van der Waals surface area contributed by atoms with E-state index in [4.69, 9.17) is 4.74 Å². The molecule has 0 unspecified atom stereocenters. The minimum atomic E-state index is -0.276. The van der Waals surface area contributed by atoms with Crippen LogP contribution in [0.25, 0.3) is 0 Å². The van der Waals surface area contributed by atoms with E-state index in [1.54, 1.807) is 30.5 Å². The van der Waals surface area contributed by atoms with Crippen molar-refractivity contribution >= 4 is 11.6 Å². The maximum atomic E-state index is 12.0. The Labute approximate surface area is 116 Å². The SMILES string of the molecule is COc1ccccc1NC(=O)Cn1cc(C)ccc1=O. The Bertz CT molecular complexity index is 677. The molecule has 1 aromatic carbocycles. The van der Waals surface area contributed by atoms with E-state index in [0.717, 1.165) is 5.56 Å². The molecule has 0 atom stereocenters. The summed E-state index contributed by atoms with van der Waals surface area (Å²) in [7, 11) is 1.54. The smallest absolute Gasteiger partial charge is 0.251 e. The van der Waals surface area contributed by atoms with Crippen LogP contribution in [0.2, 0.25) is 0 Å². The number of aromatic nitrogens is 1. The van der Waals surface area contributed by atoms with Crippen LogP contribution in [0.4, 0.5) is 5.69 Å². The molecule has 2 rings (SSSR count).